The Kier molecular flexibility index (Phi) is 8.77. The van der Waals surface area contributed by atoms with Gasteiger partial charge in [-0.25, -0.2) is 9.59 Å². The van der Waals surface area contributed by atoms with Gasteiger partial charge in [-0.1, -0.05) is 24.9 Å². The monoisotopic (exact) mass is 451 g/mol. The topological polar surface area (TPSA) is 113 Å². The second-order valence-electron chi connectivity index (χ2n) is 6.66. The van der Waals surface area contributed by atoms with Gasteiger partial charge in [0.15, 0.2) is 11.5 Å². The fraction of sp³-hybridized carbons (Fsp3) is 0.409. The first-order valence-corrected chi connectivity index (χ1v) is 9.87. The van der Waals surface area contributed by atoms with Gasteiger partial charge in [-0.2, -0.15) is 4.39 Å². The van der Waals surface area contributed by atoms with Crippen molar-refractivity contribution < 1.29 is 42.9 Å². The van der Waals surface area contributed by atoms with E-state index >= 15 is 4.39 Å². The molecule has 2 rings (SSSR count). The van der Waals surface area contributed by atoms with Crippen molar-refractivity contribution >= 4 is 17.7 Å². The number of oxime groups is 1. The molecule has 1 aromatic rings. The van der Waals surface area contributed by atoms with Crippen molar-refractivity contribution in [3.05, 3.63) is 53.0 Å². The molecule has 32 heavy (non-hydrogen) atoms. The van der Waals surface area contributed by atoms with Crippen LogP contribution in [0.3, 0.4) is 0 Å². The second-order valence-corrected chi connectivity index (χ2v) is 6.66. The van der Waals surface area contributed by atoms with Crippen LogP contribution in [0, 0.1) is 0 Å². The number of aliphatic hydroxyl groups is 1. The van der Waals surface area contributed by atoms with Gasteiger partial charge in [0, 0.05) is 7.11 Å². The molecule has 1 aliphatic rings. The zero-order valence-corrected chi connectivity index (χ0v) is 18.3. The number of nitrogens with zero attached hydrogens (tertiary/aromatic N) is 1. The average Bonchev–Trinajstić information content (AvgIpc) is 2.81. The highest BCUT2D eigenvalue weighted by Gasteiger charge is 2.50. The van der Waals surface area contributed by atoms with Crippen LogP contribution in [-0.4, -0.2) is 56.5 Å². The number of esters is 2. The fourth-order valence-electron chi connectivity index (χ4n) is 2.81. The third kappa shape index (κ3) is 5.44. The molecule has 0 bridgehead atoms. The van der Waals surface area contributed by atoms with Gasteiger partial charge < -0.3 is 28.9 Å². The average molecular weight is 451 g/mol. The van der Waals surface area contributed by atoms with E-state index in [1.54, 1.807) is 0 Å². The highest BCUT2D eigenvalue weighted by molar-refractivity contribution is 6.11. The van der Waals surface area contributed by atoms with Gasteiger partial charge in [0.05, 0.1) is 19.3 Å². The first kappa shape index (κ1) is 24.9. The lowest BCUT2D eigenvalue weighted by Gasteiger charge is -2.29. The maximum Gasteiger partial charge on any atom is 0.343 e. The Balaban J connectivity index is 2.41. The van der Waals surface area contributed by atoms with Crippen LogP contribution in [0.15, 0.2) is 52.6 Å². The molecule has 0 fully saturated rings. The summed E-state index contributed by atoms with van der Waals surface area (Å²) in [7, 11) is 3.59. The number of aliphatic hydroxyl groups excluding tert-OH is 1. The van der Waals surface area contributed by atoms with Gasteiger partial charge in [0.1, 0.15) is 18.4 Å². The number of rotatable bonds is 10. The van der Waals surface area contributed by atoms with Crippen LogP contribution in [0.25, 0.3) is 0 Å². The minimum absolute atomic E-state index is 0.0352. The van der Waals surface area contributed by atoms with E-state index in [1.165, 1.54) is 31.4 Å². The van der Waals surface area contributed by atoms with Crippen molar-refractivity contribution in [2.45, 2.75) is 32.0 Å². The quantitative estimate of drug-likeness (QED) is 0.326. The summed E-state index contributed by atoms with van der Waals surface area (Å²) in [5.74, 6) is -6.40. The van der Waals surface area contributed by atoms with Crippen LogP contribution in [-0.2, 0) is 23.8 Å². The highest BCUT2D eigenvalue weighted by atomic mass is 19.2. The zero-order chi connectivity index (χ0) is 23.7. The molecule has 0 saturated heterocycles. The van der Waals surface area contributed by atoms with Crippen LogP contribution in [0.5, 0.6) is 5.75 Å². The number of methoxy groups -OCH3 is 2. The number of hydrogen-bond donors (Lipinski definition) is 1. The number of alkyl halides is 1. The van der Waals surface area contributed by atoms with Crippen molar-refractivity contribution in [2.75, 3.05) is 27.9 Å². The van der Waals surface area contributed by atoms with Crippen LogP contribution in [0.2, 0.25) is 0 Å². The van der Waals surface area contributed by atoms with Gasteiger partial charge in [-0.3, -0.25) is 0 Å². The molecule has 1 aliphatic carbocycles. The minimum atomic E-state index is -3.01. The van der Waals surface area contributed by atoms with Crippen molar-refractivity contribution in [2.24, 2.45) is 5.16 Å². The number of carbonyl (C=O) groups excluding carboxylic acids is 2. The molecule has 0 saturated carbocycles. The van der Waals surface area contributed by atoms with E-state index in [1.807, 2.05) is 6.92 Å². The lowest BCUT2D eigenvalue weighted by molar-refractivity contribution is -0.139. The number of hydrogen-bond acceptors (Lipinski definition) is 9. The van der Waals surface area contributed by atoms with Gasteiger partial charge in [-0.15, -0.1) is 0 Å². The maximum absolute atomic E-state index is 15.7. The maximum atomic E-state index is 15.7. The second kappa shape index (κ2) is 11.3. The molecular formula is C22H26FNO8. The Labute approximate surface area is 185 Å². The fourth-order valence-corrected chi connectivity index (χ4v) is 2.81. The van der Waals surface area contributed by atoms with Crippen molar-refractivity contribution in [3.8, 4) is 5.75 Å². The van der Waals surface area contributed by atoms with E-state index in [9.17, 15) is 14.7 Å². The third-order valence-corrected chi connectivity index (χ3v) is 4.57. The summed E-state index contributed by atoms with van der Waals surface area (Å²) in [6.07, 6.45) is 3.28. The van der Waals surface area contributed by atoms with Crippen molar-refractivity contribution in [1.82, 2.24) is 0 Å². The Morgan fingerprint density at radius 3 is 2.34 bits per heavy atom. The predicted octanol–water partition coefficient (Wildman–Crippen LogP) is 3.61. The highest BCUT2D eigenvalue weighted by Crippen LogP contribution is 2.36. The molecule has 174 valence electrons. The number of halogens is 1. The third-order valence-electron chi connectivity index (χ3n) is 4.57. The van der Waals surface area contributed by atoms with Gasteiger partial charge in [-0.05, 0) is 36.8 Å². The standard InChI is InChI=1S/C22H26FNO8/c1-5-6-7-12-31-21(27)16-13-17(24-30-4)22(23,29-3)19(18(16)25)32-20(26)14-8-10-15(28-2)11-9-14/h8-11,13,25H,5-7,12H2,1-4H3/t22-/m0/s1. The molecule has 1 aromatic carbocycles. The summed E-state index contributed by atoms with van der Waals surface area (Å²) in [6.45, 7) is 2.09. The number of carbonyl (C=O) groups is 2. The van der Waals surface area contributed by atoms with Crippen LogP contribution in [0.4, 0.5) is 4.39 Å². The molecule has 0 heterocycles. The Hall–Kier alpha value is -3.40. The van der Waals surface area contributed by atoms with Gasteiger partial charge in [0.25, 0.3) is 0 Å². The molecule has 0 spiro atoms. The van der Waals surface area contributed by atoms with Crippen LogP contribution in [0.1, 0.15) is 36.5 Å². The zero-order valence-electron chi connectivity index (χ0n) is 18.3. The van der Waals surface area contributed by atoms with E-state index in [2.05, 4.69) is 9.99 Å². The molecular weight excluding hydrogens is 425 g/mol. The molecule has 0 unspecified atom stereocenters. The molecule has 1 N–H and O–H groups in total. The molecule has 1 atom stereocenters. The Morgan fingerprint density at radius 2 is 1.78 bits per heavy atom. The number of unbranched alkanes of at least 4 members (excludes halogenated alkanes) is 2. The van der Waals surface area contributed by atoms with E-state index in [-0.39, 0.29) is 12.2 Å². The normalized spacial score (nSPS) is 19.4. The Bertz CT molecular complexity index is 922. The van der Waals surface area contributed by atoms with Crippen LogP contribution < -0.4 is 4.74 Å². The van der Waals surface area contributed by atoms with E-state index in [0.29, 0.717) is 12.2 Å². The summed E-state index contributed by atoms with van der Waals surface area (Å²) >= 11 is 0. The molecule has 0 aromatic heterocycles. The van der Waals surface area contributed by atoms with E-state index < -0.39 is 40.6 Å². The SMILES string of the molecule is CCCCCOC(=O)C1=CC(=NOC)[C@](F)(OC)C(OC(=O)c2ccc(OC)cc2)=C1O. The van der Waals surface area contributed by atoms with Crippen LogP contribution >= 0.6 is 0 Å². The van der Waals surface area contributed by atoms with E-state index in [0.717, 1.165) is 33.1 Å². The lowest BCUT2D eigenvalue weighted by atomic mass is 9.96. The first-order valence-electron chi connectivity index (χ1n) is 9.87. The summed E-state index contributed by atoms with van der Waals surface area (Å²) < 4.78 is 35.8. The Morgan fingerprint density at radius 1 is 1.09 bits per heavy atom. The lowest BCUT2D eigenvalue weighted by Crippen LogP contribution is -2.43. The van der Waals surface area contributed by atoms with Gasteiger partial charge in [0.2, 0.25) is 5.76 Å². The predicted molar refractivity (Wildman–Crippen MR) is 112 cm³/mol. The van der Waals surface area contributed by atoms with E-state index in [4.69, 9.17) is 18.9 Å². The molecule has 0 amide bonds. The summed E-state index contributed by atoms with van der Waals surface area (Å²) in [5, 5.41) is 14.1. The number of ether oxygens (including phenoxy) is 4. The minimum Gasteiger partial charge on any atom is -0.504 e. The molecule has 0 radical (unpaired) electrons. The first-order chi connectivity index (χ1) is 15.3. The summed E-state index contributed by atoms with van der Waals surface area (Å²) in [5.41, 5.74) is -0.980. The largest absolute Gasteiger partial charge is 0.504 e. The summed E-state index contributed by atoms with van der Waals surface area (Å²) in [4.78, 5) is 29.7. The smallest absolute Gasteiger partial charge is 0.343 e. The molecule has 0 aliphatic heterocycles. The van der Waals surface area contributed by atoms with Crippen molar-refractivity contribution in [1.29, 1.82) is 0 Å². The van der Waals surface area contributed by atoms with Crippen molar-refractivity contribution in [3.63, 3.8) is 0 Å². The summed E-state index contributed by atoms with van der Waals surface area (Å²) in [6, 6.07) is 5.78. The number of benzene rings is 1. The molecule has 10 heteroatoms. The van der Waals surface area contributed by atoms with Gasteiger partial charge >= 0.3 is 17.8 Å². The molecule has 9 nitrogen and oxygen atoms in total.